The Labute approximate surface area is 182 Å². The maximum absolute atomic E-state index is 13.5. The van der Waals surface area contributed by atoms with E-state index in [1.807, 2.05) is 37.3 Å². The molecule has 1 amide bonds. The minimum Gasteiger partial charge on any atom is -0.350 e. The fourth-order valence-corrected chi connectivity index (χ4v) is 3.49. The quantitative estimate of drug-likeness (QED) is 0.481. The number of aryl methyl sites for hydroxylation is 1. The van der Waals surface area contributed by atoms with Crippen LogP contribution in [0.1, 0.15) is 37.2 Å². The number of nitrogens with one attached hydrogen (secondary N) is 1. The van der Waals surface area contributed by atoms with Crippen LogP contribution in [0.2, 0.25) is 0 Å². The molecule has 0 saturated carbocycles. The standard InChI is InChI=1S/C23H21F2N5O2/c1-15(16-6-3-2-4-7-16)26-21(31)9-5-8-20-27-28-22-23(32)29(12-13-30(20)22)17-10-11-18(24)19(25)14-17/h2-4,6-7,10-15H,5,8-9H2,1H3,(H,26,31)/t15-/m0/s1. The molecule has 4 rings (SSSR count). The van der Waals surface area contributed by atoms with Gasteiger partial charge in [0.15, 0.2) is 11.6 Å². The number of amides is 1. The van der Waals surface area contributed by atoms with Gasteiger partial charge < -0.3 is 5.32 Å². The number of rotatable bonds is 7. The van der Waals surface area contributed by atoms with Gasteiger partial charge in [0.25, 0.3) is 0 Å². The van der Waals surface area contributed by atoms with E-state index in [9.17, 15) is 18.4 Å². The molecule has 0 saturated heterocycles. The fourth-order valence-electron chi connectivity index (χ4n) is 3.49. The molecule has 0 fully saturated rings. The lowest BCUT2D eigenvalue weighted by atomic mass is 10.1. The third-order valence-electron chi connectivity index (χ3n) is 5.20. The molecule has 4 aromatic rings. The first-order valence-electron chi connectivity index (χ1n) is 10.2. The number of carbonyl (C=O) groups is 1. The molecule has 1 N–H and O–H groups in total. The predicted octanol–water partition coefficient (Wildman–Crippen LogP) is 3.36. The minimum atomic E-state index is -1.05. The second-order valence-electron chi connectivity index (χ2n) is 7.43. The average Bonchev–Trinajstić information content (AvgIpc) is 3.20. The summed E-state index contributed by atoms with van der Waals surface area (Å²) in [5.41, 5.74) is 0.771. The summed E-state index contributed by atoms with van der Waals surface area (Å²) in [6.45, 7) is 1.93. The van der Waals surface area contributed by atoms with Crippen molar-refractivity contribution in [1.82, 2.24) is 24.5 Å². The molecule has 0 aliphatic rings. The monoisotopic (exact) mass is 437 g/mol. The Morgan fingerprint density at radius 2 is 1.84 bits per heavy atom. The normalized spacial score (nSPS) is 12.1. The number of hydrogen-bond acceptors (Lipinski definition) is 4. The smallest absolute Gasteiger partial charge is 0.300 e. The summed E-state index contributed by atoms with van der Waals surface area (Å²) in [7, 11) is 0. The van der Waals surface area contributed by atoms with Crippen molar-refractivity contribution < 1.29 is 13.6 Å². The number of fused-ring (bicyclic) bond motifs is 1. The number of nitrogens with zero attached hydrogens (tertiary/aromatic N) is 4. The van der Waals surface area contributed by atoms with Crippen LogP contribution >= 0.6 is 0 Å². The van der Waals surface area contributed by atoms with E-state index in [0.717, 1.165) is 17.7 Å². The molecule has 9 heteroatoms. The van der Waals surface area contributed by atoms with Gasteiger partial charge >= 0.3 is 5.56 Å². The van der Waals surface area contributed by atoms with Crippen molar-refractivity contribution in [2.75, 3.05) is 0 Å². The number of halogens is 2. The zero-order chi connectivity index (χ0) is 22.7. The lowest BCUT2D eigenvalue weighted by Crippen LogP contribution is -2.26. The molecule has 0 bridgehead atoms. The van der Waals surface area contributed by atoms with Crippen molar-refractivity contribution in [3.8, 4) is 5.69 Å². The van der Waals surface area contributed by atoms with Crippen LogP contribution in [0.5, 0.6) is 0 Å². The van der Waals surface area contributed by atoms with Crippen LogP contribution in [0.4, 0.5) is 8.78 Å². The van der Waals surface area contributed by atoms with E-state index in [1.54, 1.807) is 10.6 Å². The summed E-state index contributed by atoms with van der Waals surface area (Å²) in [6.07, 6.45) is 4.31. The van der Waals surface area contributed by atoms with Crippen LogP contribution in [-0.2, 0) is 11.2 Å². The Bertz CT molecular complexity index is 1320. The zero-order valence-electron chi connectivity index (χ0n) is 17.3. The number of benzene rings is 2. The molecule has 7 nitrogen and oxygen atoms in total. The maximum atomic E-state index is 13.5. The van der Waals surface area contributed by atoms with Gasteiger partial charge in [0.1, 0.15) is 5.82 Å². The van der Waals surface area contributed by atoms with Crippen LogP contribution in [0, 0.1) is 11.6 Å². The summed E-state index contributed by atoms with van der Waals surface area (Å²) in [5, 5.41) is 11.0. The maximum Gasteiger partial charge on any atom is 0.300 e. The highest BCUT2D eigenvalue weighted by atomic mass is 19.2. The molecule has 0 radical (unpaired) electrons. The first kappa shape index (κ1) is 21.4. The third-order valence-corrected chi connectivity index (χ3v) is 5.20. The van der Waals surface area contributed by atoms with Crippen LogP contribution in [0.3, 0.4) is 0 Å². The molecule has 2 heterocycles. The van der Waals surface area contributed by atoms with E-state index < -0.39 is 17.2 Å². The van der Waals surface area contributed by atoms with Crippen molar-refractivity contribution in [2.24, 2.45) is 0 Å². The average molecular weight is 437 g/mol. The van der Waals surface area contributed by atoms with Crippen LogP contribution in [0.15, 0.2) is 65.7 Å². The number of hydrogen-bond donors (Lipinski definition) is 1. The van der Waals surface area contributed by atoms with Gasteiger partial charge in [-0.15, -0.1) is 10.2 Å². The Kier molecular flexibility index (Phi) is 6.07. The van der Waals surface area contributed by atoms with Crippen molar-refractivity contribution in [2.45, 2.75) is 32.2 Å². The molecular formula is C23H21F2N5O2. The molecule has 0 spiro atoms. The van der Waals surface area contributed by atoms with Gasteiger partial charge in [-0.1, -0.05) is 30.3 Å². The van der Waals surface area contributed by atoms with Gasteiger partial charge in [0.2, 0.25) is 11.6 Å². The number of carbonyl (C=O) groups excluding carboxylic acids is 1. The van der Waals surface area contributed by atoms with Gasteiger partial charge in [-0.25, -0.2) is 8.78 Å². The van der Waals surface area contributed by atoms with Gasteiger partial charge in [-0.05, 0) is 31.0 Å². The van der Waals surface area contributed by atoms with Gasteiger partial charge in [0, 0.05) is 31.3 Å². The van der Waals surface area contributed by atoms with E-state index >= 15 is 0 Å². The Balaban J connectivity index is 1.42. The van der Waals surface area contributed by atoms with Crippen molar-refractivity contribution in [3.63, 3.8) is 0 Å². The highest BCUT2D eigenvalue weighted by Gasteiger charge is 2.14. The van der Waals surface area contributed by atoms with Gasteiger partial charge in [-0.2, -0.15) is 0 Å². The Morgan fingerprint density at radius 1 is 1.06 bits per heavy atom. The highest BCUT2D eigenvalue weighted by molar-refractivity contribution is 5.76. The minimum absolute atomic E-state index is 0.0642. The highest BCUT2D eigenvalue weighted by Crippen LogP contribution is 2.14. The summed E-state index contributed by atoms with van der Waals surface area (Å²) in [4.78, 5) is 25.0. The lowest BCUT2D eigenvalue weighted by Gasteiger charge is -2.14. The molecule has 0 aliphatic carbocycles. The third kappa shape index (κ3) is 4.41. The molecule has 32 heavy (non-hydrogen) atoms. The summed E-state index contributed by atoms with van der Waals surface area (Å²) in [5.74, 6) is -1.57. The van der Waals surface area contributed by atoms with Crippen molar-refractivity contribution >= 4 is 11.6 Å². The SMILES string of the molecule is C[C@H](NC(=O)CCCc1nnc2c(=O)n(-c3ccc(F)c(F)c3)ccn12)c1ccccc1. The molecule has 0 aliphatic heterocycles. The van der Waals surface area contributed by atoms with Crippen molar-refractivity contribution in [3.05, 3.63) is 94.3 Å². The molecule has 2 aromatic carbocycles. The van der Waals surface area contributed by atoms with Crippen LogP contribution < -0.4 is 10.9 Å². The van der Waals surface area contributed by atoms with Crippen LogP contribution in [-0.4, -0.2) is 25.1 Å². The Hall–Kier alpha value is -3.88. The lowest BCUT2D eigenvalue weighted by molar-refractivity contribution is -0.121. The fraction of sp³-hybridized carbons (Fsp3) is 0.217. The predicted molar refractivity (Wildman–Crippen MR) is 114 cm³/mol. The van der Waals surface area contributed by atoms with E-state index in [4.69, 9.17) is 0 Å². The molecule has 1 atom stereocenters. The first-order chi connectivity index (χ1) is 15.4. The topological polar surface area (TPSA) is 81.3 Å². The Morgan fingerprint density at radius 3 is 2.59 bits per heavy atom. The van der Waals surface area contributed by atoms with E-state index in [0.29, 0.717) is 25.1 Å². The molecular weight excluding hydrogens is 416 g/mol. The summed E-state index contributed by atoms with van der Waals surface area (Å²) >= 11 is 0. The largest absolute Gasteiger partial charge is 0.350 e. The van der Waals surface area contributed by atoms with E-state index in [1.165, 1.54) is 16.8 Å². The summed E-state index contributed by atoms with van der Waals surface area (Å²) < 4.78 is 29.4. The van der Waals surface area contributed by atoms with Gasteiger partial charge in [0.05, 0.1) is 11.7 Å². The first-order valence-corrected chi connectivity index (χ1v) is 10.2. The molecule has 164 valence electrons. The van der Waals surface area contributed by atoms with Crippen molar-refractivity contribution in [1.29, 1.82) is 0 Å². The molecule has 0 unspecified atom stereocenters. The zero-order valence-corrected chi connectivity index (χ0v) is 17.3. The second-order valence-corrected chi connectivity index (χ2v) is 7.43. The van der Waals surface area contributed by atoms with E-state index in [-0.39, 0.29) is 23.3 Å². The number of aromatic nitrogens is 4. The molecule has 2 aromatic heterocycles. The second kappa shape index (κ2) is 9.09. The van der Waals surface area contributed by atoms with E-state index in [2.05, 4.69) is 15.5 Å². The van der Waals surface area contributed by atoms with Crippen LogP contribution in [0.25, 0.3) is 11.3 Å². The summed E-state index contributed by atoms with van der Waals surface area (Å²) in [6, 6.07) is 12.8. The van der Waals surface area contributed by atoms with Gasteiger partial charge in [-0.3, -0.25) is 18.6 Å².